The summed E-state index contributed by atoms with van der Waals surface area (Å²) in [6, 6.07) is 4.43. The van der Waals surface area contributed by atoms with E-state index in [0.717, 1.165) is 43.0 Å². The van der Waals surface area contributed by atoms with Gasteiger partial charge in [-0.25, -0.2) is 4.98 Å². The van der Waals surface area contributed by atoms with Gasteiger partial charge in [-0.2, -0.15) is 16.3 Å². The molecule has 1 fully saturated rings. The predicted octanol–water partition coefficient (Wildman–Crippen LogP) is 2.25. The van der Waals surface area contributed by atoms with Crippen LogP contribution in [0.4, 0.5) is 5.82 Å². The monoisotopic (exact) mass is 332 g/mol. The first kappa shape index (κ1) is 15.7. The summed E-state index contributed by atoms with van der Waals surface area (Å²) in [5.41, 5.74) is 1.63. The Morgan fingerprint density at radius 2 is 2.17 bits per heavy atom. The number of rotatable bonds is 4. The normalized spacial score (nSPS) is 15.5. The second kappa shape index (κ2) is 6.95. The van der Waals surface area contributed by atoms with Crippen LogP contribution in [0.25, 0.3) is 0 Å². The minimum Gasteiger partial charge on any atom is -0.467 e. The standard InChI is InChI=1S/C16H20N4O2S/c1-11-9-14(19-16(17-11)22-2)20-6-3-13(4-7-20)18-15(21)12-5-8-23-10-12/h5,8-10,13H,3-4,6-7H2,1-2H3,(H,18,21). The number of thiophene rings is 1. The van der Waals surface area contributed by atoms with Gasteiger partial charge in [-0.15, -0.1) is 0 Å². The SMILES string of the molecule is COc1nc(C)cc(N2CCC(NC(=O)c3ccsc3)CC2)n1. The van der Waals surface area contributed by atoms with Crippen molar-refractivity contribution in [1.82, 2.24) is 15.3 Å². The van der Waals surface area contributed by atoms with Gasteiger partial charge in [0.2, 0.25) is 0 Å². The lowest BCUT2D eigenvalue weighted by atomic mass is 10.0. The van der Waals surface area contributed by atoms with Crippen LogP contribution in [0.3, 0.4) is 0 Å². The Balaban J connectivity index is 1.58. The Labute approximate surface area is 139 Å². The number of anilines is 1. The summed E-state index contributed by atoms with van der Waals surface area (Å²) in [6.07, 6.45) is 1.81. The molecular weight excluding hydrogens is 312 g/mol. The van der Waals surface area contributed by atoms with Crippen LogP contribution < -0.4 is 15.0 Å². The van der Waals surface area contributed by atoms with Crippen LogP contribution >= 0.6 is 11.3 Å². The van der Waals surface area contributed by atoms with E-state index in [1.807, 2.05) is 29.8 Å². The van der Waals surface area contributed by atoms with Gasteiger partial charge in [0, 0.05) is 41.8 Å². The number of amides is 1. The van der Waals surface area contributed by atoms with Crippen LogP contribution in [0.2, 0.25) is 0 Å². The number of nitrogens with zero attached hydrogens (tertiary/aromatic N) is 3. The van der Waals surface area contributed by atoms with Crippen molar-refractivity contribution >= 4 is 23.1 Å². The van der Waals surface area contributed by atoms with Crippen LogP contribution in [0, 0.1) is 6.92 Å². The van der Waals surface area contributed by atoms with E-state index in [9.17, 15) is 4.79 Å². The van der Waals surface area contributed by atoms with E-state index in [1.165, 1.54) is 11.3 Å². The van der Waals surface area contributed by atoms with E-state index in [2.05, 4.69) is 20.2 Å². The maximum Gasteiger partial charge on any atom is 0.318 e. The zero-order chi connectivity index (χ0) is 16.2. The Hall–Kier alpha value is -2.15. The van der Waals surface area contributed by atoms with Crippen molar-refractivity contribution in [3.05, 3.63) is 34.2 Å². The van der Waals surface area contributed by atoms with Crippen molar-refractivity contribution in [1.29, 1.82) is 0 Å². The largest absolute Gasteiger partial charge is 0.467 e. The molecule has 6 nitrogen and oxygen atoms in total. The van der Waals surface area contributed by atoms with Gasteiger partial charge in [-0.3, -0.25) is 4.79 Å². The van der Waals surface area contributed by atoms with Crippen LogP contribution in [0.5, 0.6) is 6.01 Å². The number of hydrogen-bond acceptors (Lipinski definition) is 6. The van der Waals surface area contributed by atoms with Crippen molar-refractivity contribution in [3.63, 3.8) is 0 Å². The number of piperidine rings is 1. The molecule has 2 aromatic rings. The molecule has 0 spiro atoms. The van der Waals surface area contributed by atoms with Crippen molar-refractivity contribution in [2.75, 3.05) is 25.1 Å². The van der Waals surface area contributed by atoms with E-state index in [-0.39, 0.29) is 11.9 Å². The third kappa shape index (κ3) is 3.79. The highest BCUT2D eigenvalue weighted by molar-refractivity contribution is 7.08. The predicted molar refractivity (Wildman–Crippen MR) is 90.3 cm³/mol. The molecular formula is C16H20N4O2S. The minimum atomic E-state index is 0.0178. The summed E-state index contributed by atoms with van der Waals surface area (Å²) in [6.45, 7) is 3.64. The molecule has 1 aliphatic heterocycles. The Morgan fingerprint density at radius 3 is 2.83 bits per heavy atom. The van der Waals surface area contributed by atoms with Gasteiger partial charge < -0.3 is 15.0 Å². The smallest absolute Gasteiger partial charge is 0.318 e. The number of carbonyl (C=O) groups excluding carboxylic acids is 1. The summed E-state index contributed by atoms with van der Waals surface area (Å²) >= 11 is 1.54. The molecule has 122 valence electrons. The molecule has 0 aromatic carbocycles. The Kier molecular flexibility index (Phi) is 4.76. The van der Waals surface area contributed by atoms with Crippen LogP contribution in [0.15, 0.2) is 22.9 Å². The van der Waals surface area contributed by atoms with Crippen molar-refractivity contribution < 1.29 is 9.53 Å². The maximum atomic E-state index is 12.1. The van der Waals surface area contributed by atoms with Crippen LogP contribution in [0.1, 0.15) is 28.9 Å². The highest BCUT2D eigenvalue weighted by Gasteiger charge is 2.22. The molecule has 0 radical (unpaired) electrons. The van der Waals surface area contributed by atoms with Gasteiger partial charge in [0.15, 0.2) is 0 Å². The molecule has 1 saturated heterocycles. The van der Waals surface area contributed by atoms with E-state index in [1.54, 1.807) is 7.11 Å². The van der Waals surface area contributed by atoms with Crippen molar-refractivity contribution in [3.8, 4) is 6.01 Å². The van der Waals surface area contributed by atoms with Crippen molar-refractivity contribution in [2.45, 2.75) is 25.8 Å². The highest BCUT2D eigenvalue weighted by atomic mass is 32.1. The molecule has 23 heavy (non-hydrogen) atoms. The van der Waals surface area contributed by atoms with Gasteiger partial charge in [0.05, 0.1) is 7.11 Å². The summed E-state index contributed by atoms with van der Waals surface area (Å²) in [5, 5.41) is 6.91. The fourth-order valence-electron chi connectivity index (χ4n) is 2.69. The van der Waals surface area contributed by atoms with Crippen LogP contribution in [-0.2, 0) is 0 Å². The average Bonchev–Trinajstić information content (AvgIpc) is 3.09. The molecule has 3 heterocycles. The van der Waals surface area contributed by atoms with Crippen LogP contribution in [-0.4, -0.2) is 42.1 Å². The number of methoxy groups -OCH3 is 1. The van der Waals surface area contributed by atoms with E-state index < -0.39 is 0 Å². The quantitative estimate of drug-likeness (QED) is 0.930. The molecule has 7 heteroatoms. The molecule has 2 aromatic heterocycles. The number of aryl methyl sites for hydroxylation is 1. The Bertz CT molecular complexity index is 667. The van der Waals surface area contributed by atoms with E-state index in [4.69, 9.17) is 4.74 Å². The summed E-state index contributed by atoms with van der Waals surface area (Å²) in [7, 11) is 1.57. The second-order valence-electron chi connectivity index (χ2n) is 5.60. The number of hydrogen-bond donors (Lipinski definition) is 1. The molecule has 0 unspecified atom stereocenters. The molecule has 0 saturated carbocycles. The van der Waals surface area contributed by atoms with Crippen molar-refractivity contribution in [2.24, 2.45) is 0 Å². The second-order valence-corrected chi connectivity index (χ2v) is 6.38. The van der Waals surface area contributed by atoms with Gasteiger partial charge in [-0.05, 0) is 31.2 Å². The van der Waals surface area contributed by atoms with E-state index in [0.29, 0.717) is 6.01 Å². The first-order chi connectivity index (χ1) is 11.2. The molecule has 3 rings (SSSR count). The molecule has 1 amide bonds. The highest BCUT2D eigenvalue weighted by Crippen LogP contribution is 2.21. The Morgan fingerprint density at radius 1 is 1.39 bits per heavy atom. The fraction of sp³-hybridized carbons (Fsp3) is 0.438. The third-order valence-corrected chi connectivity index (χ3v) is 4.62. The average molecular weight is 332 g/mol. The lowest BCUT2D eigenvalue weighted by Gasteiger charge is -2.33. The topological polar surface area (TPSA) is 67.3 Å². The summed E-state index contributed by atoms with van der Waals surface area (Å²) < 4.78 is 5.14. The van der Waals surface area contributed by atoms with E-state index >= 15 is 0 Å². The minimum absolute atomic E-state index is 0.0178. The molecule has 1 aliphatic rings. The zero-order valence-electron chi connectivity index (χ0n) is 13.3. The molecule has 0 aliphatic carbocycles. The lowest BCUT2D eigenvalue weighted by molar-refractivity contribution is 0.0931. The third-order valence-electron chi connectivity index (χ3n) is 3.94. The maximum absolute atomic E-state index is 12.1. The molecule has 0 atom stereocenters. The first-order valence-electron chi connectivity index (χ1n) is 7.63. The molecule has 1 N–H and O–H groups in total. The summed E-state index contributed by atoms with van der Waals surface area (Å²) in [5.74, 6) is 0.904. The zero-order valence-corrected chi connectivity index (χ0v) is 14.1. The number of ether oxygens (including phenoxy) is 1. The first-order valence-corrected chi connectivity index (χ1v) is 8.57. The van der Waals surface area contributed by atoms with Gasteiger partial charge >= 0.3 is 6.01 Å². The summed E-state index contributed by atoms with van der Waals surface area (Å²) in [4.78, 5) is 22.9. The molecule has 0 bridgehead atoms. The van der Waals surface area contributed by atoms with Gasteiger partial charge in [-0.1, -0.05) is 0 Å². The number of aromatic nitrogens is 2. The van der Waals surface area contributed by atoms with Gasteiger partial charge in [0.1, 0.15) is 5.82 Å². The number of nitrogens with one attached hydrogen (secondary N) is 1. The number of carbonyl (C=O) groups is 1. The fourth-order valence-corrected chi connectivity index (χ4v) is 3.33. The lowest BCUT2D eigenvalue weighted by Crippen LogP contribution is -2.44. The van der Waals surface area contributed by atoms with Gasteiger partial charge in [0.25, 0.3) is 5.91 Å².